The summed E-state index contributed by atoms with van der Waals surface area (Å²) >= 11 is 6.04. The zero-order chi connectivity index (χ0) is 18.7. The van der Waals surface area contributed by atoms with Gasteiger partial charge in [0.1, 0.15) is 5.82 Å². The van der Waals surface area contributed by atoms with E-state index in [0.29, 0.717) is 0 Å². The number of anilines is 1. The number of rotatable bonds is 7. The van der Waals surface area contributed by atoms with Gasteiger partial charge in [0, 0.05) is 35.4 Å². The van der Waals surface area contributed by atoms with Gasteiger partial charge in [-0.3, -0.25) is 0 Å². The van der Waals surface area contributed by atoms with Crippen LogP contribution in [0, 0.1) is 13.8 Å². The number of aromatic nitrogens is 3. The lowest BCUT2D eigenvalue weighted by atomic mass is 10.1. The summed E-state index contributed by atoms with van der Waals surface area (Å²) in [5.41, 5.74) is 4.93. The van der Waals surface area contributed by atoms with Crippen molar-refractivity contribution in [1.82, 2.24) is 19.5 Å². The van der Waals surface area contributed by atoms with Crippen LogP contribution in [0.3, 0.4) is 0 Å². The smallest absolute Gasteiger partial charge is 0.165 e. The number of hydrogen-bond donors (Lipinski definition) is 1. The quantitative estimate of drug-likeness (QED) is 0.667. The van der Waals surface area contributed by atoms with Crippen LogP contribution >= 0.6 is 11.6 Å². The standard InChI is InChI=1S/C20H26ClN5/c1-5-25(6-2)12-11-22-18-13-14(3)23-20-19(15(4)24-26(18)20)16-7-9-17(21)10-8-16/h7-10,13,22H,5-6,11-12H2,1-4H3. The molecule has 3 aromatic rings. The summed E-state index contributed by atoms with van der Waals surface area (Å²) in [6.45, 7) is 12.4. The van der Waals surface area contributed by atoms with Gasteiger partial charge < -0.3 is 10.2 Å². The largest absolute Gasteiger partial charge is 0.369 e. The van der Waals surface area contributed by atoms with Crippen molar-refractivity contribution in [1.29, 1.82) is 0 Å². The van der Waals surface area contributed by atoms with Crippen LogP contribution in [-0.2, 0) is 0 Å². The fourth-order valence-corrected chi connectivity index (χ4v) is 3.33. The topological polar surface area (TPSA) is 45.5 Å². The monoisotopic (exact) mass is 371 g/mol. The minimum absolute atomic E-state index is 0.728. The van der Waals surface area contributed by atoms with Crippen molar-refractivity contribution in [3.63, 3.8) is 0 Å². The van der Waals surface area contributed by atoms with Crippen molar-refractivity contribution in [2.45, 2.75) is 27.7 Å². The Labute approximate surface area is 160 Å². The third-order valence-corrected chi connectivity index (χ3v) is 4.91. The molecule has 0 aliphatic rings. The zero-order valence-corrected chi connectivity index (χ0v) is 16.6. The first-order valence-corrected chi connectivity index (χ1v) is 9.50. The number of nitrogens with zero attached hydrogens (tertiary/aromatic N) is 4. The van der Waals surface area contributed by atoms with Crippen LogP contribution in [0.4, 0.5) is 5.82 Å². The van der Waals surface area contributed by atoms with Crippen LogP contribution in [0.15, 0.2) is 30.3 Å². The van der Waals surface area contributed by atoms with Crippen molar-refractivity contribution >= 4 is 23.1 Å². The van der Waals surface area contributed by atoms with E-state index in [1.54, 1.807) is 0 Å². The lowest BCUT2D eigenvalue weighted by molar-refractivity contribution is 0.316. The zero-order valence-electron chi connectivity index (χ0n) is 15.9. The van der Waals surface area contributed by atoms with E-state index in [0.717, 1.165) is 65.2 Å². The minimum Gasteiger partial charge on any atom is -0.369 e. The van der Waals surface area contributed by atoms with Gasteiger partial charge in [0.15, 0.2) is 5.65 Å². The summed E-state index contributed by atoms with van der Waals surface area (Å²) in [5, 5.41) is 8.99. The third-order valence-electron chi connectivity index (χ3n) is 4.65. The average Bonchev–Trinajstić information content (AvgIpc) is 2.95. The predicted octanol–water partition coefficient (Wildman–Crippen LogP) is 4.42. The van der Waals surface area contributed by atoms with Gasteiger partial charge in [0.2, 0.25) is 0 Å². The molecule has 0 aliphatic carbocycles. The molecule has 0 bridgehead atoms. The van der Waals surface area contributed by atoms with E-state index in [4.69, 9.17) is 21.7 Å². The summed E-state index contributed by atoms with van der Waals surface area (Å²) in [5.74, 6) is 0.975. The summed E-state index contributed by atoms with van der Waals surface area (Å²) in [4.78, 5) is 7.14. The summed E-state index contributed by atoms with van der Waals surface area (Å²) in [6, 6.07) is 9.89. The predicted molar refractivity (Wildman–Crippen MR) is 109 cm³/mol. The van der Waals surface area contributed by atoms with Crippen LogP contribution < -0.4 is 5.32 Å². The highest BCUT2D eigenvalue weighted by Crippen LogP contribution is 2.30. The van der Waals surface area contributed by atoms with Gasteiger partial charge in [-0.25, -0.2) is 4.98 Å². The molecule has 0 atom stereocenters. The first-order valence-electron chi connectivity index (χ1n) is 9.12. The molecule has 0 saturated carbocycles. The molecule has 26 heavy (non-hydrogen) atoms. The fourth-order valence-electron chi connectivity index (χ4n) is 3.21. The maximum atomic E-state index is 6.04. The van der Waals surface area contributed by atoms with Crippen molar-refractivity contribution < 1.29 is 0 Å². The van der Waals surface area contributed by atoms with Gasteiger partial charge in [-0.05, 0) is 44.6 Å². The Bertz CT molecular complexity index is 881. The third kappa shape index (κ3) is 3.84. The molecule has 2 heterocycles. The second-order valence-corrected chi connectivity index (χ2v) is 6.88. The number of likely N-dealkylation sites (N-methyl/N-ethyl adjacent to an activating group) is 1. The van der Waals surface area contributed by atoms with Crippen molar-refractivity contribution in [3.8, 4) is 11.1 Å². The normalized spacial score (nSPS) is 11.5. The molecule has 0 radical (unpaired) electrons. The molecular formula is C20H26ClN5. The van der Waals surface area contributed by atoms with Crippen LogP contribution in [0.25, 0.3) is 16.8 Å². The Hall–Kier alpha value is -2.11. The lowest BCUT2D eigenvalue weighted by Crippen LogP contribution is -2.29. The van der Waals surface area contributed by atoms with Gasteiger partial charge in [-0.2, -0.15) is 9.61 Å². The molecule has 0 saturated heterocycles. The summed E-state index contributed by atoms with van der Waals surface area (Å²) in [6.07, 6.45) is 0. The molecule has 2 aromatic heterocycles. The number of hydrogen-bond acceptors (Lipinski definition) is 4. The van der Waals surface area contributed by atoms with Crippen molar-refractivity contribution in [3.05, 3.63) is 46.7 Å². The Kier molecular flexibility index (Phi) is 5.79. The van der Waals surface area contributed by atoms with Gasteiger partial charge in [0.25, 0.3) is 0 Å². The van der Waals surface area contributed by atoms with Gasteiger partial charge in [0.05, 0.1) is 5.69 Å². The molecule has 138 valence electrons. The molecule has 0 amide bonds. The maximum Gasteiger partial charge on any atom is 0.165 e. The number of fused-ring (bicyclic) bond motifs is 1. The molecule has 0 aliphatic heterocycles. The first kappa shape index (κ1) is 18.7. The minimum atomic E-state index is 0.728. The summed E-state index contributed by atoms with van der Waals surface area (Å²) < 4.78 is 1.91. The molecule has 0 unspecified atom stereocenters. The molecular weight excluding hydrogens is 346 g/mol. The lowest BCUT2D eigenvalue weighted by Gasteiger charge is -2.18. The second-order valence-electron chi connectivity index (χ2n) is 6.44. The van der Waals surface area contributed by atoms with E-state index in [1.165, 1.54) is 0 Å². The Morgan fingerprint density at radius 1 is 1.12 bits per heavy atom. The number of halogens is 1. The fraction of sp³-hybridized carbons (Fsp3) is 0.400. The van der Waals surface area contributed by atoms with Crippen molar-refractivity contribution in [2.24, 2.45) is 0 Å². The number of nitrogens with one attached hydrogen (secondary N) is 1. The van der Waals surface area contributed by atoms with E-state index < -0.39 is 0 Å². The van der Waals surface area contributed by atoms with E-state index in [9.17, 15) is 0 Å². The number of benzene rings is 1. The first-order chi connectivity index (χ1) is 12.5. The average molecular weight is 372 g/mol. The van der Waals surface area contributed by atoms with E-state index in [-0.39, 0.29) is 0 Å². The number of aryl methyl sites for hydroxylation is 2. The molecule has 0 fully saturated rings. The Morgan fingerprint density at radius 3 is 2.46 bits per heavy atom. The highest BCUT2D eigenvalue weighted by atomic mass is 35.5. The van der Waals surface area contributed by atoms with Crippen LogP contribution in [0.1, 0.15) is 25.2 Å². The molecule has 5 nitrogen and oxygen atoms in total. The summed E-state index contributed by atoms with van der Waals surface area (Å²) in [7, 11) is 0. The molecule has 0 spiro atoms. The van der Waals surface area contributed by atoms with Gasteiger partial charge in [-0.15, -0.1) is 0 Å². The van der Waals surface area contributed by atoms with Gasteiger partial charge in [-0.1, -0.05) is 37.6 Å². The second kappa shape index (κ2) is 8.06. The van der Waals surface area contributed by atoms with E-state index in [1.807, 2.05) is 48.7 Å². The SMILES string of the molecule is CCN(CC)CCNc1cc(C)nc2c(-c3ccc(Cl)cc3)c(C)nn12. The molecule has 1 N–H and O–H groups in total. The van der Waals surface area contributed by atoms with Crippen LogP contribution in [0.2, 0.25) is 5.02 Å². The highest BCUT2D eigenvalue weighted by molar-refractivity contribution is 6.30. The molecule has 1 aromatic carbocycles. The molecule has 6 heteroatoms. The van der Waals surface area contributed by atoms with Crippen molar-refractivity contribution in [2.75, 3.05) is 31.5 Å². The van der Waals surface area contributed by atoms with Gasteiger partial charge >= 0.3 is 0 Å². The maximum absolute atomic E-state index is 6.04. The Morgan fingerprint density at radius 2 is 1.81 bits per heavy atom. The highest BCUT2D eigenvalue weighted by Gasteiger charge is 2.16. The van der Waals surface area contributed by atoms with Crippen LogP contribution in [0.5, 0.6) is 0 Å². The van der Waals surface area contributed by atoms with Crippen LogP contribution in [-0.4, -0.2) is 45.7 Å². The molecule has 3 rings (SSSR count). The van der Waals surface area contributed by atoms with E-state index >= 15 is 0 Å². The van der Waals surface area contributed by atoms with E-state index in [2.05, 4.69) is 24.1 Å². The Balaban J connectivity index is 1.96.